The molecule has 1 unspecified atom stereocenters. The molecular formula is C8H18Cl4N2O2. The van der Waals surface area contributed by atoms with Gasteiger partial charge < -0.3 is 10.5 Å². The number of rotatable bonds is 4. The van der Waals surface area contributed by atoms with Crippen molar-refractivity contribution in [2.24, 2.45) is 5.73 Å². The minimum absolute atomic E-state index is 0. The second kappa shape index (κ2) is 17.5. The van der Waals surface area contributed by atoms with Gasteiger partial charge in [0, 0.05) is 0 Å². The lowest BCUT2D eigenvalue weighted by atomic mass is 10.3. The summed E-state index contributed by atoms with van der Waals surface area (Å²) in [7, 11) is 0. The number of ether oxygens (including phenoxy) is 1. The van der Waals surface area contributed by atoms with Gasteiger partial charge in [-0.3, -0.25) is 10.2 Å². The van der Waals surface area contributed by atoms with Crippen LogP contribution in [0.3, 0.4) is 0 Å². The molecule has 0 aromatic heterocycles. The summed E-state index contributed by atoms with van der Waals surface area (Å²) < 4.78 is 4.64. The Morgan fingerprint density at radius 1 is 1.44 bits per heavy atom. The van der Waals surface area contributed by atoms with Gasteiger partial charge in [-0.05, 0) is 13.3 Å². The molecule has 0 aromatic rings. The van der Waals surface area contributed by atoms with Gasteiger partial charge in [0.2, 0.25) is 5.91 Å². The highest BCUT2D eigenvalue weighted by Gasteiger charge is 2.05. The molecule has 0 aromatic carbocycles. The Kier molecular flexibility index (Phi) is 27.4. The number of hydrogen-bond donors (Lipinski definition) is 2. The molecule has 0 spiro atoms. The van der Waals surface area contributed by atoms with Crippen molar-refractivity contribution in [3.8, 4) is 0 Å². The maximum atomic E-state index is 10.0. The van der Waals surface area contributed by atoms with E-state index in [1.165, 1.54) is 0 Å². The molecule has 1 atom stereocenters. The van der Waals surface area contributed by atoms with Crippen LogP contribution in [0, 0.1) is 5.41 Å². The van der Waals surface area contributed by atoms with Crippen LogP contribution in [0.25, 0.3) is 0 Å². The first-order valence-corrected chi connectivity index (χ1v) is 5.16. The van der Waals surface area contributed by atoms with E-state index in [9.17, 15) is 4.79 Å². The number of halogens is 4. The van der Waals surface area contributed by atoms with Crippen LogP contribution in [0.1, 0.15) is 20.3 Å². The third-order valence-corrected chi connectivity index (χ3v) is 1.87. The number of nitrogens with one attached hydrogen (secondary N) is 1. The smallest absolute Gasteiger partial charge is 0.235 e. The number of primary amides is 1. The van der Waals surface area contributed by atoms with Gasteiger partial charge in [0.1, 0.15) is 5.38 Å². The van der Waals surface area contributed by atoms with Gasteiger partial charge in [-0.25, -0.2) is 0 Å². The molecule has 0 saturated carbocycles. The van der Waals surface area contributed by atoms with Gasteiger partial charge in [-0.2, -0.15) is 0 Å². The monoisotopic (exact) mass is 314 g/mol. The molecule has 0 aliphatic heterocycles. The van der Waals surface area contributed by atoms with Crippen molar-refractivity contribution < 1.29 is 9.53 Å². The summed E-state index contributed by atoms with van der Waals surface area (Å²) >= 11 is 10.5. The van der Waals surface area contributed by atoms with Crippen molar-refractivity contribution in [2.45, 2.75) is 25.6 Å². The van der Waals surface area contributed by atoms with Crippen LogP contribution >= 0.6 is 48.0 Å². The van der Waals surface area contributed by atoms with Crippen molar-refractivity contribution in [3.05, 3.63) is 0 Å². The number of carbonyl (C=O) groups excluding carboxylic acids is 1. The van der Waals surface area contributed by atoms with Gasteiger partial charge in [-0.15, -0.1) is 48.0 Å². The second-order valence-corrected chi connectivity index (χ2v) is 3.06. The van der Waals surface area contributed by atoms with Gasteiger partial charge in [-0.1, -0.05) is 6.92 Å². The van der Waals surface area contributed by atoms with Crippen LogP contribution in [-0.2, 0) is 9.53 Å². The molecule has 0 radical (unpaired) electrons. The summed E-state index contributed by atoms with van der Waals surface area (Å²) in [5.74, 6) is -0.123. The second-order valence-electron chi connectivity index (χ2n) is 2.27. The van der Waals surface area contributed by atoms with Crippen LogP contribution in [-0.4, -0.2) is 29.7 Å². The van der Waals surface area contributed by atoms with E-state index in [4.69, 9.17) is 34.3 Å². The van der Waals surface area contributed by atoms with E-state index in [0.29, 0.717) is 13.0 Å². The Morgan fingerprint density at radius 2 is 1.88 bits per heavy atom. The lowest BCUT2D eigenvalue weighted by Crippen LogP contribution is -2.22. The molecule has 0 heterocycles. The third-order valence-electron chi connectivity index (χ3n) is 1.11. The number of nitrogens with two attached hydrogens (primary N) is 1. The fourth-order valence-electron chi connectivity index (χ4n) is 0.414. The largest absolute Gasteiger partial charge is 0.481 e. The molecule has 0 bridgehead atoms. The maximum absolute atomic E-state index is 10.0. The SMILES string of the molecule is CCC(Cl)C(N)=O.CCOC(=N)CCl.Cl.Cl. The maximum Gasteiger partial charge on any atom is 0.235 e. The molecule has 100 valence electrons. The highest BCUT2D eigenvalue weighted by Crippen LogP contribution is 1.97. The topological polar surface area (TPSA) is 76.2 Å². The van der Waals surface area contributed by atoms with Crippen LogP contribution in [0.2, 0.25) is 0 Å². The molecule has 8 heteroatoms. The normalized spacial score (nSPS) is 9.50. The standard InChI is InChI=1S/2C4H8ClNO.2ClH/c1-2-7-4(6)3-5;1-2-3(5)4(6)7;;/h6H,2-3H2,1H3;3H,2H2,1H3,(H2,6,7);2*1H. The highest BCUT2D eigenvalue weighted by atomic mass is 35.5. The van der Waals surface area contributed by atoms with Crippen LogP contribution in [0.4, 0.5) is 0 Å². The Labute approximate surface area is 119 Å². The Hall–Kier alpha value is 0.1000. The fourth-order valence-corrected chi connectivity index (χ4v) is 0.491. The summed E-state index contributed by atoms with van der Waals surface area (Å²) in [5.41, 5.74) is 4.78. The highest BCUT2D eigenvalue weighted by molar-refractivity contribution is 6.30. The van der Waals surface area contributed by atoms with E-state index < -0.39 is 11.3 Å². The Balaban J connectivity index is -0.0000000800. The van der Waals surface area contributed by atoms with Crippen LogP contribution in [0.15, 0.2) is 0 Å². The first-order valence-electron chi connectivity index (χ1n) is 4.19. The summed E-state index contributed by atoms with van der Waals surface area (Å²) in [6.07, 6.45) is 0.608. The van der Waals surface area contributed by atoms with Gasteiger partial charge in [0.25, 0.3) is 0 Å². The summed E-state index contributed by atoms with van der Waals surface area (Å²) in [6, 6.07) is 0. The molecule has 4 nitrogen and oxygen atoms in total. The molecular weight excluding hydrogens is 298 g/mol. The van der Waals surface area contributed by atoms with Crippen LogP contribution in [0.5, 0.6) is 0 Å². The van der Waals surface area contributed by atoms with Crippen molar-refractivity contribution >= 4 is 59.8 Å². The van der Waals surface area contributed by atoms with Gasteiger partial charge >= 0.3 is 0 Å². The molecule has 1 amide bonds. The molecule has 3 N–H and O–H groups in total. The zero-order valence-corrected chi connectivity index (χ0v) is 12.3. The molecule has 0 fully saturated rings. The van der Waals surface area contributed by atoms with Gasteiger partial charge in [0.15, 0.2) is 5.90 Å². The number of hydrogen-bond acceptors (Lipinski definition) is 3. The zero-order chi connectivity index (χ0) is 11.6. The number of carbonyl (C=O) groups is 1. The zero-order valence-electron chi connectivity index (χ0n) is 9.16. The van der Waals surface area contributed by atoms with Gasteiger partial charge in [0.05, 0.1) is 12.5 Å². The molecule has 0 aliphatic carbocycles. The first kappa shape index (κ1) is 25.1. The van der Waals surface area contributed by atoms with Crippen molar-refractivity contribution in [2.75, 3.05) is 12.5 Å². The molecule has 16 heavy (non-hydrogen) atoms. The molecule has 0 saturated heterocycles. The van der Waals surface area contributed by atoms with E-state index in [1.807, 2.05) is 13.8 Å². The summed E-state index contributed by atoms with van der Waals surface area (Å²) in [6.45, 7) is 4.16. The molecule has 0 rings (SSSR count). The van der Waals surface area contributed by atoms with E-state index in [2.05, 4.69) is 4.74 Å². The third kappa shape index (κ3) is 19.6. The summed E-state index contributed by atoms with van der Waals surface area (Å²) in [4.78, 5) is 10.0. The predicted octanol–water partition coefficient (Wildman–Crippen LogP) is 2.57. The first-order chi connectivity index (χ1) is 6.49. The van der Waals surface area contributed by atoms with E-state index in [-0.39, 0.29) is 36.6 Å². The minimum Gasteiger partial charge on any atom is -0.481 e. The average Bonchev–Trinajstić information content (AvgIpc) is 2.17. The fraction of sp³-hybridized carbons (Fsp3) is 0.750. The Bertz CT molecular complexity index is 179. The van der Waals surface area contributed by atoms with Crippen LogP contribution < -0.4 is 5.73 Å². The van der Waals surface area contributed by atoms with E-state index in [1.54, 1.807) is 0 Å². The van der Waals surface area contributed by atoms with E-state index >= 15 is 0 Å². The van der Waals surface area contributed by atoms with E-state index in [0.717, 1.165) is 0 Å². The van der Waals surface area contributed by atoms with Crippen molar-refractivity contribution in [3.63, 3.8) is 0 Å². The molecule has 0 aliphatic rings. The lowest BCUT2D eigenvalue weighted by Gasteiger charge is -1.96. The Morgan fingerprint density at radius 3 is 1.94 bits per heavy atom. The quantitative estimate of drug-likeness (QED) is 0.475. The average molecular weight is 316 g/mol. The predicted molar refractivity (Wildman–Crippen MR) is 73.7 cm³/mol. The number of alkyl halides is 2. The lowest BCUT2D eigenvalue weighted by molar-refractivity contribution is -0.117. The number of amides is 1. The minimum atomic E-state index is -0.486. The van der Waals surface area contributed by atoms with Crippen molar-refractivity contribution in [1.29, 1.82) is 5.41 Å². The summed E-state index contributed by atoms with van der Waals surface area (Å²) in [5, 5.41) is 6.30. The van der Waals surface area contributed by atoms with Crippen molar-refractivity contribution in [1.82, 2.24) is 0 Å².